The zero-order chi connectivity index (χ0) is 17.9. The molecule has 0 bridgehead atoms. The van der Waals surface area contributed by atoms with Crippen molar-refractivity contribution in [3.05, 3.63) is 48.2 Å². The fourth-order valence-corrected chi connectivity index (χ4v) is 2.98. The number of hydrogen-bond acceptors (Lipinski definition) is 2. The van der Waals surface area contributed by atoms with Gasteiger partial charge in [0, 0.05) is 11.8 Å². The number of hydrogen-bond donors (Lipinski definition) is 0. The SMILES string of the molecule is CCCCCc1ccnc(-c2ccccc2OCCCC(C)CC)c1. The summed E-state index contributed by atoms with van der Waals surface area (Å²) in [5, 5.41) is 0. The third kappa shape index (κ3) is 6.53. The van der Waals surface area contributed by atoms with E-state index in [-0.39, 0.29) is 0 Å². The average molecular weight is 340 g/mol. The molecule has 2 heteroatoms. The van der Waals surface area contributed by atoms with Crippen LogP contribution >= 0.6 is 0 Å². The highest BCUT2D eigenvalue weighted by atomic mass is 16.5. The minimum absolute atomic E-state index is 0.775. The number of benzene rings is 1. The monoisotopic (exact) mass is 339 g/mol. The first kappa shape index (κ1) is 19.5. The largest absolute Gasteiger partial charge is 0.493 e. The molecule has 2 aromatic rings. The van der Waals surface area contributed by atoms with Crippen LogP contribution in [0.4, 0.5) is 0 Å². The van der Waals surface area contributed by atoms with Gasteiger partial charge in [-0.1, -0.05) is 52.2 Å². The van der Waals surface area contributed by atoms with Gasteiger partial charge < -0.3 is 4.74 Å². The fraction of sp³-hybridized carbons (Fsp3) is 0.522. The van der Waals surface area contributed by atoms with Crippen molar-refractivity contribution < 1.29 is 4.74 Å². The summed E-state index contributed by atoms with van der Waals surface area (Å²) in [4.78, 5) is 4.59. The normalized spacial score (nSPS) is 12.1. The van der Waals surface area contributed by atoms with Crippen LogP contribution in [-0.2, 0) is 6.42 Å². The Morgan fingerprint density at radius 3 is 2.68 bits per heavy atom. The van der Waals surface area contributed by atoms with Gasteiger partial charge in [-0.25, -0.2) is 0 Å². The molecule has 0 fully saturated rings. The number of pyridine rings is 1. The van der Waals surface area contributed by atoms with Crippen LogP contribution in [-0.4, -0.2) is 11.6 Å². The maximum absolute atomic E-state index is 6.08. The van der Waals surface area contributed by atoms with Crippen molar-refractivity contribution in [1.82, 2.24) is 4.98 Å². The summed E-state index contributed by atoms with van der Waals surface area (Å²) >= 11 is 0. The molecular formula is C23H33NO. The first-order valence-electron chi connectivity index (χ1n) is 9.91. The number of aryl methyl sites for hydroxylation is 1. The predicted molar refractivity (Wildman–Crippen MR) is 107 cm³/mol. The lowest BCUT2D eigenvalue weighted by atomic mass is 10.0. The molecule has 1 atom stereocenters. The van der Waals surface area contributed by atoms with Gasteiger partial charge in [0.25, 0.3) is 0 Å². The molecular weight excluding hydrogens is 306 g/mol. The Hall–Kier alpha value is -1.83. The topological polar surface area (TPSA) is 22.1 Å². The second kappa shape index (κ2) is 10.9. The molecule has 1 aromatic carbocycles. The molecule has 0 spiro atoms. The number of ether oxygens (including phenoxy) is 1. The Morgan fingerprint density at radius 1 is 1.04 bits per heavy atom. The van der Waals surface area contributed by atoms with Crippen LogP contribution in [0, 0.1) is 5.92 Å². The summed E-state index contributed by atoms with van der Waals surface area (Å²) in [5.41, 5.74) is 3.49. The lowest BCUT2D eigenvalue weighted by molar-refractivity contribution is 0.295. The summed E-state index contributed by atoms with van der Waals surface area (Å²) in [5.74, 6) is 1.73. The van der Waals surface area contributed by atoms with Gasteiger partial charge in [0.05, 0.1) is 12.3 Å². The van der Waals surface area contributed by atoms with E-state index in [0.717, 1.165) is 42.4 Å². The molecule has 1 unspecified atom stereocenters. The van der Waals surface area contributed by atoms with Crippen LogP contribution in [0.25, 0.3) is 11.3 Å². The van der Waals surface area contributed by atoms with E-state index in [9.17, 15) is 0 Å². The Balaban J connectivity index is 2.03. The second-order valence-electron chi connectivity index (χ2n) is 7.01. The Labute approximate surface area is 153 Å². The van der Waals surface area contributed by atoms with Gasteiger partial charge in [0.15, 0.2) is 0 Å². The first-order chi connectivity index (χ1) is 12.2. The number of rotatable bonds is 11. The second-order valence-corrected chi connectivity index (χ2v) is 7.01. The maximum atomic E-state index is 6.08. The van der Waals surface area contributed by atoms with Gasteiger partial charge in [-0.05, 0) is 61.4 Å². The molecule has 1 aromatic heterocycles. The fourth-order valence-electron chi connectivity index (χ4n) is 2.98. The van der Waals surface area contributed by atoms with Crippen molar-refractivity contribution in [2.45, 2.75) is 65.7 Å². The number of aromatic nitrogens is 1. The third-order valence-electron chi connectivity index (χ3n) is 4.85. The van der Waals surface area contributed by atoms with Crippen molar-refractivity contribution in [2.75, 3.05) is 6.61 Å². The first-order valence-corrected chi connectivity index (χ1v) is 9.91. The quantitative estimate of drug-likeness (QED) is 0.426. The highest BCUT2D eigenvalue weighted by molar-refractivity contribution is 5.67. The molecule has 0 amide bonds. The number of para-hydroxylation sites is 1. The van der Waals surface area contributed by atoms with Gasteiger partial charge in [-0.2, -0.15) is 0 Å². The molecule has 0 aliphatic carbocycles. The molecule has 0 aliphatic rings. The van der Waals surface area contributed by atoms with E-state index >= 15 is 0 Å². The zero-order valence-electron chi connectivity index (χ0n) is 16.1. The van der Waals surface area contributed by atoms with Crippen molar-refractivity contribution in [3.8, 4) is 17.0 Å². The summed E-state index contributed by atoms with van der Waals surface area (Å²) in [6.07, 6.45) is 10.4. The van der Waals surface area contributed by atoms with Gasteiger partial charge in [0.1, 0.15) is 5.75 Å². The third-order valence-corrected chi connectivity index (χ3v) is 4.85. The minimum atomic E-state index is 0.775. The van der Waals surface area contributed by atoms with Crippen LogP contribution in [0.2, 0.25) is 0 Å². The zero-order valence-corrected chi connectivity index (χ0v) is 16.1. The Kier molecular flexibility index (Phi) is 8.51. The van der Waals surface area contributed by atoms with Crippen LogP contribution in [0.15, 0.2) is 42.6 Å². The van der Waals surface area contributed by atoms with E-state index in [1.54, 1.807) is 0 Å². The molecule has 2 rings (SSSR count). The molecule has 0 aliphatic heterocycles. The molecule has 0 radical (unpaired) electrons. The highest BCUT2D eigenvalue weighted by Crippen LogP contribution is 2.29. The highest BCUT2D eigenvalue weighted by Gasteiger charge is 2.08. The molecule has 0 N–H and O–H groups in total. The lowest BCUT2D eigenvalue weighted by Gasteiger charge is -2.13. The molecule has 2 nitrogen and oxygen atoms in total. The van der Waals surface area contributed by atoms with Gasteiger partial charge in [-0.3, -0.25) is 4.98 Å². The molecule has 0 saturated carbocycles. The summed E-state index contributed by atoms with van der Waals surface area (Å²) in [6.45, 7) is 7.58. The van der Waals surface area contributed by atoms with Gasteiger partial charge in [-0.15, -0.1) is 0 Å². The van der Waals surface area contributed by atoms with Crippen LogP contribution in [0.5, 0.6) is 5.75 Å². The molecule has 25 heavy (non-hydrogen) atoms. The smallest absolute Gasteiger partial charge is 0.128 e. The molecule has 136 valence electrons. The summed E-state index contributed by atoms with van der Waals surface area (Å²) in [6, 6.07) is 12.6. The van der Waals surface area contributed by atoms with Gasteiger partial charge in [0.2, 0.25) is 0 Å². The van der Waals surface area contributed by atoms with Crippen LogP contribution < -0.4 is 4.74 Å². The van der Waals surface area contributed by atoms with Crippen molar-refractivity contribution >= 4 is 0 Å². The van der Waals surface area contributed by atoms with Crippen molar-refractivity contribution in [3.63, 3.8) is 0 Å². The Bertz CT molecular complexity index is 623. The van der Waals surface area contributed by atoms with Crippen LogP contribution in [0.1, 0.15) is 64.9 Å². The van der Waals surface area contributed by atoms with E-state index in [0.29, 0.717) is 0 Å². The standard InChI is InChI=1S/C23H33NO/c1-4-6-7-12-20-15-16-24-22(18-20)21-13-8-9-14-23(21)25-17-10-11-19(3)5-2/h8-9,13-16,18-19H,4-7,10-12,17H2,1-3H3. The summed E-state index contributed by atoms with van der Waals surface area (Å²) < 4.78 is 6.08. The number of nitrogens with zero attached hydrogens (tertiary/aromatic N) is 1. The Morgan fingerprint density at radius 2 is 1.88 bits per heavy atom. The minimum Gasteiger partial charge on any atom is -0.493 e. The van der Waals surface area contributed by atoms with E-state index in [1.165, 1.54) is 37.7 Å². The average Bonchev–Trinajstić information content (AvgIpc) is 2.66. The van der Waals surface area contributed by atoms with E-state index in [1.807, 2.05) is 12.3 Å². The van der Waals surface area contributed by atoms with E-state index in [2.05, 4.69) is 56.1 Å². The van der Waals surface area contributed by atoms with E-state index < -0.39 is 0 Å². The molecule has 0 saturated heterocycles. The summed E-state index contributed by atoms with van der Waals surface area (Å²) in [7, 11) is 0. The predicted octanol–water partition coefficient (Wildman–Crippen LogP) is 6.69. The van der Waals surface area contributed by atoms with Crippen molar-refractivity contribution in [2.24, 2.45) is 5.92 Å². The van der Waals surface area contributed by atoms with E-state index in [4.69, 9.17) is 4.74 Å². The molecule has 1 heterocycles. The van der Waals surface area contributed by atoms with Crippen LogP contribution in [0.3, 0.4) is 0 Å². The maximum Gasteiger partial charge on any atom is 0.128 e. The van der Waals surface area contributed by atoms with Crippen molar-refractivity contribution in [1.29, 1.82) is 0 Å². The number of unbranched alkanes of at least 4 members (excludes halogenated alkanes) is 2. The lowest BCUT2D eigenvalue weighted by Crippen LogP contribution is -2.02. The van der Waals surface area contributed by atoms with Gasteiger partial charge >= 0.3 is 0 Å².